The lowest BCUT2D eigenvalue weighted by atomic mass is 9.97. The molecule has 8 heteroatoms. The predicted octanol–water partition coefficient (Wildman–Crippen LogP) is 1.12. The number of aromatic nitrogens is 1. The number of H-pyrrole nitrogens is 1. The lowest BCUT2D eigenvalue weighted by Gasteiger charge is -2.12. The number of nitrogens with one attached hydrogen (secondary N) is 1. The summed E-state index contributed by atoms with van der Waals surface area (Å²) in [6.45, 7) is 1.35. The van der Waals surface area contributed by atoms with Gasteiger partial charge in [-0.1, -0.05) is 12.1 Å². The van der Waals surface area contributed by atoms with E-state index in [0.29, 0.717) is 24.5 Å². The first kappa shape index (κ1) is 16.5. The Labute approximate surface area is 143 Å². The van der Waals surface area contributed by atoms with Crippen molar-refractivity contribution >= 4 is 5.82 Å². The topological polar surface area (TPSA) is 134 Å². The summed E-state index contributed by atoms with van der Waals surface area (Å²) in [4.78, 5) is 14.2. The first-order valence-electron chi connectivity index (χ1n) is 7.46. The number of nitrogens with zero attached hydrogens (tertiary/aromatic N) is 2. The summed E-state index contributed by atoms with van der Waals surface area (Å²) in [6.07, 6.45) is -0.387. The molecule has 0 aliphatic carbocycles. The monoisotopic (exact) mass is 338 g/mol. The highest BCUT2D eigenvalue weighted by Crippen LogP contribution is 2.29. The van der Waals surface area contributed by atoms with Crippen LogP contribution in [0.3, 0.4) is 0 Å². The van der Waals surface area contributed by atoms with E-state index in [1.807, 2.05) is 12.1 Å². The molecule has 1 aromatic carbocycles. The number of hydrogen-bond acceptors (Lipinski definition) is 7. The number of benzene rings is 1. The van der Waals surface area contributed by atoms with Crippen LogP contribution in [0, 0.1) is 22.7 Å². The molecule has 0 radical (unpaired) electrons. The van der Waals surface area contributed by atoms with E-state index in [2.05, 4.69) is 4.98 Å². The standard InChI is InChI=1S/C17H14N4O4/c18-7-12-15(13(8-19)17(22)21-16(12)20)10-1-3-11(4-2-10)25-9-14-23-5-6-24-14/h1-4,14H,5-6,9H2,(H3,20,21,22). The van der Waals surface area contributed by atoms with Gasteiger partial charge in [-0.3, -0.25) is 4.79 Å². The van der Waals surface area contributed by atoms with Crippen molar-refractivity contribution in [3.05, 3.63) is 45.7 Å². The molecule has 0 atom stereocenters. The van der Waals surface area contributed by atoms with Crippen LogP contribution in [0.4, 0.5) is 5.82 Å². The fraction of sp³-hybridized carbons (Fsp3) is 0.235. The highest BCUT2D eigenvalue weighted by atomic mass is 16.7. The van der Waals surface area contributed by atoms with Gasteiger partial charge >= 0.3 is 0 Å². The van der Waals surface area contributed by atoms with Crippen molar-refractivity contribution in [2.75, 3.05) is 25.6 Å². The second kappa shape index (κ2) is 7.05. The zero-order chi connectivity index (χ0) is 17.8. The summed E-state index contributed by atoms with van der Waals surface area (Å²) in [5.74, 6) is 0.495. The van der Waals surface area contributed by atoms with E-state index in [1.165, 1.54) is 0 Å². The van der Waals surface area contributed by atoms with E-state index < -0.39 is 5.56 Å². The molecule has 3 rings (SSSR count). The van der Waals surface area contributed by atoms with E-state index in [1.54, 1.807) is 24.3 Å². The van der Waals surface area contributed by atoms with Crippen LogP contribution < -0.4 is 16.0 Å². The Morgan fingerprint density at radius 2 is 1.80 bits per heavy atom. The number of nitrogen functional groups attached to an aromatic ring is 1. The van der Waals surface area contributed by atoms with Crippen molar-refractivity contribution in [3.8, 4) is 29.0 Å². The Balaban J connectivity index is 1.91. The number of nitrogens with two attached hydrogens (primary N) is 1. The Morgan fingerprint density at radius 1 is 1.16 bits per heavy atom. The van der Waals surface area contributed by atoms with Crippen LogP contribution in [0.15, 0.2) is 29.1 Å². The van der Waals surface area contributed by atoms with Crippen molar-refractivity contribution in [2.45, 2.75) is 6.29 Å². The fourth-order valence-electron chi connectivity index (χ4n) is 2.52. The van der Waals surface area contributed by atoms with Crippen molar-refractivity contribution < 1.29 is 14.2 Å². The molecule has 2 heterocycles. The van der Waals surface area contributed by atoms with Crippen LogP contribution in [0.25, 0.3) is 11.1 Å². The Morgan fingerprint density at radius 3 is 2.40 bits per heavy atom. The van der Waals surface area contributed by atoms with Crippen LogP contribution >= 0.6 is 0 Å². The van der Waals surface area contributed by atoms with E-state index in [9.17, 15) is 15.3 Å². The zero-order valence-corrected chi connectivity index (χ0v) is 13.1. The summed E-state index contributed by atoms with van der Waals surface area (Å²) in [6, 6.07) is 10.4. The van der Waals surface area contributed by atoms with E-state index in [-0.39, 0.29) is 35.4 Å². The third kappa shape index (κ3) is 3.31. The van der Waals surface area contributed by atoms with Crippen molar-refractivity contribution in [3.63, 3.8) is 0 Å². The van der Waals surface area contributed by atoms with Crippen molar-refractivity contribution in [2.24, 2.45) is 0 Å². The summed E-state index contributed by atoms with van der Waals surface area (Å²) in [7, 11) is 0. The van der Waals surface area contributed by atoms with Gasteiger partial charge in [0.05, 0.1) is 13.2 Å². The average molecular weight is 338 g/mol. The third-order valence-electron chi connectivity index (χ3n) is 3.69. The van der Waals surface area contributed by atoms with Gasteiger partial charge in [0.2, 0.25) is 0 Å². The molecular weight excluding hydrogens is 324 g/mol. The Hall–Kier alpha value is -3.33. The summed E-state index contributed by atoms with van der Waals surface area (Å²) >= 11 is 0. The van der Waals surface area contributed by atoms with Crippen molar-refractivity contribution in [1.82, 2.24) is 4.98 Å². The maximum Gasteiger partial charge on any atom is 0.268 e. The minimum atomic E-state index is -0.634. The molecule has 0 unspecified atom stereocenters. The predicted molar refractivity (Wildman–Crippen MR) is 87.5 cm³/mol. The molecule has 1 aliphatic rings. The zero-order valence-electron chi connectivity index (χ0n) is 13.1. The smallest absolute Gasteiger partial charge is 0.268 e. The molecule has 0 spiro atoms. The maximum absolute atomic E-state index is 11.9. The first-order chi connectivity index (χ1) is 12.1. The second-order valence-electron chi connectivity index (χ2n) is 5.22. The SMILES string of the molecule is N#Cc1c(N)[nH]c(=O)c(C#N)c1-c1ccc(OCC2OCCO2)cc1. The average Bonchev–Trinajstić information content (AvgIpc) is 3.13. The maximum atomic E-state index is 11.9. The molecule has 1 fully saturated rings. The van der Waals surface area contributed by atoms with Gasteiger partial charge in [-0.25, -0.2) is 0 Å². The van der Waals surface area contributed by atoms with E-state index >= 15 is 0 Å². The number of pyridine rings is 1. The Bertz CT molecular complexity index is 916. The molecule has 126 valence electrons. The van der Waals surface area contributed by atoms with Crippen LogP contribution in [0.2, 0.25) is 0 Å². The van der Waals surface area contributed by atoms with Gasteiger partial charge in [0.25, 0.3) is 5.56 Å². The normalized spacial score (nSPS) is 14.0. The summed E-state index contributed by atoms with van der Waals surface area (Å²) in [5.41, 5.74) is 5.69. The molecule has 1 aliphatic heterocycles. The van der Waals surface area contributed by atoms with E-state index in [0.717, 1.165) is 0 Å². The molecule has 0 amide bonds. The van der Waals surface area contributed by atoms with Crippen molar-refractivity contribution in [1.29, 1.82) is 10.5 Å². The third-order valence-corrected chi connectivity index (χ3v) is 3.69. The number of nitriles is 2. The van der Waals surface area contributed by atoms with Gasteiger partial charge in [-0.2, -0.15) is 10.5 Å². The van der Waals surface area contributed by atoms with Gasteiger partial charge < -0.3 is 24.9 Å². The molecule has 1 aromatic heterocycles. The van der Waals surface area contributed by atoms with Crippen LogP contribution in [-0.2, 0) is 9.47 Å². The van der Waals surface area contributed by atoms with Gasteiger partial charge in [0.1, 0.15) is 41.4 Å². The van der Waals surface area contributed by atoms with Gasteiger partial charge in [0.15, 0.2) is 6.29 Å². The largest absolute Gasteiger partial charge is 0.488 e. The van der Waals surface area contributed by atoms with Crippen LogP contribution in [-0.4, -0.2) is 31.1 Å². The van der Waals surface area contributed by atoms with Gasteiger partial charge in [-0.15, -0.1) is 0 Å². The minimum Gasteiger partial charge on any atom is -0.488 e. The number of anilines is 1. The van der Waals surface area contributed by atoms with E-state index in [4.69, 9.17) is 19.9 Å². The molecule has 3 N–H and O–H groups in total. The van der Waals surface area contributed by atoms with Crippen LogP contribution in [0.5, 0.6) is 5.75 Å². The molecule has 25 heavy (non-hydrogen) atoms. The highest BCUT2D eigenvalue weighted by molar-refractivity contribution is 5.80. The fourth-order valence-corrected chi connectivity index (χ4v) is 2.52. The number of hydrogen-bond donors (Lipinski definition) is 2. The highest BCUT2D eigenvalue weighted by Gasteiger charge is 2.19. The quantitative estimate of drug-likeness (QED) is 0.853. The molecule has 8 nitrogen and oxygen atoms in total. The molecule has 1 saturated heterocycles. The molecule has 0 saturated carbocycles. The number of rotatable bonds is 4. The summed E-state index contributed by atoms with van der Waals surface area (Å²) in [5, 5.41) is 18.6. The van der Waals surface area contributed by atoms with Gasteiger partial charge in [-0.05, 0) is 17.7 Å². The molecule has 2 aromatic rings. The lowest BCUT2D eigenvalue weighted by molar-refractivity contribution is -0.0684. The van der Waals surface area contributed by atoms with Crippen LogP contribution in [0.1, 0.15) is 11.1 Å². The first-order valence-corrected chi connectivity index (χ1v) is 7.46. The molecule has 0 bridgehead atoms. The van der Waals surface area contributed by atoms with Gasteiger partial charge in [0, 0.05) is 5.56 Å². The number of aromatic amines is 1. The number of ether oxygens (including phenoxy) is 3. The Kier molecular flexibility index (Phi) is 4.66. The second-order valence-corrected chi connectivity index (χ2v) is 5.22. The molecular formula is C17H14N4O4. The lowest BCUT2D eigenvalue weighted by Crippen LogP contribution is -2.18. The minimum absolute atomic E-state index is 0.0533. The summed E-state index contributed by atoms with van der Waals surface area (Å²) < 4.78 is 16.1.